The lowest BCUT2D eigenvalue weighted by Gasteiger charge is -2.34. The van der Waals surface area contributed by atoms with E-state index in [2.05, 4.69) is 15.2 Å². The normalized spacial score (nSPS) is 21.6. The van der Waals surface area contributed by atoms with Crippen LogP contribution in [0.5, 0.6) is 0 Å². The Morgan fingerprint density at radius 1 is 1.40 bits per heavy atom. The predicted octanol–water partition coefficient (Wildman–Crippen LogP) is 2.41. The molecular formula is C15H20N4O. The highest BCUT2D eigenvalue weighted by Gasteiger charge is 2.31. The number of hydrogen-bond donors (Lipinski definition) is 2. The molecule has 5 heteroatoms. The number of nitrogen functional groups attached to an aromatic ring is 1. The van der Waals surface area contributed by atoms with Gasteiger partial charge in [0, 0.05) is 18.5 Å². The van der Waals surface area contributed by atoms with E-state index in [1.165, 1.54) is 0 Å². The van der Waals surface area contributed by atoms with Gasteiger partial charge in [0.1, 0.15) is 0 Å². The number of ether oxygens (including phenoxy) is 1. The van der Waals surface area contributed by atoms with E-state index >= 15 is 0 Å². The lowest BCUT2D eigenvalue weighted by Crippen LogP contribution is -2.32. The highest BCUT2D eigenvalue weighted by Crippen LogP contribution is 2.35. The number of aromatic nitrogens is 3. The second-order valence-corrected chi connectivity index (χ2v) is 5.30. The minimum Gasteiger partial charge on any atom is -0.382 e. The van der Waals surface area contributed by atoms with Crippen molar-refractivity contribution in [1.82, 2.24) is 15.2 Å². The van der Waals surface area contributed by atoms with Gasteiger partial charge in [0.2, 0.25) is 0 Å². The summed E-state index contributed by atoms with van der Waals surface area (Å²) in [5.41, 5.74) is 8.89. The van der Waals surface area contributed by atoms with Crippen molar-refractivity contribution in [3.05, 3.63) is 30.1 Å². The Morgan fingerprint density at radius 2 is 2.25 bits per heavy atom. The van der Waals surface area contributed by atoms with Gasteiger partial charge in [-0.05, 0) is 44.2 Å². The lowest BCUT2D eigenvalue weighted by atomic mass is 9.78. The molecule has 1 aliphatic carbocycles. The van der Waals surface area contributed by atoms with Gasteiger partial charge in [0.15, 0.2) is 5.82 Å². The van der Waals surface area contributed by atoms with Gasteiger partial charge in [-0.25, -0.2) is 0 Å². The number of nitrogens with one attached hydrogen (secondary N) is 1. The molecule has 1 saturated carbocycles. The van der Waals surface area contributed by atoms with Crippen LogP contribution in [-0.2, 0) is 11.2 Å². The molecule has 2 heterocycles. The molecular weight excluding hydrogens is 252 g/mol. The zero-order chi connectivity index (χ0) is 13.9. The van der Waals surface area contributed by atoms with Crippen LogP contribution in [0, 0.1) is 5.92 Å². The van der Waals surface area contributed by atoms with Crippen molar-refractivity contribution in [2.75, 3.05) is 12.3 Å². The number of hydrogen-bond acceptors (Lipinski definition) is 4. The fourth-order valence-corrected chi connectivity index (χ4v) is 2.84. The summed E-state index contributed by atoms with van der Waals surface area (Å²) in [4.78, 5) is 4.37. The first-order valence-corrected chi connectivity index (χ1v) is 7.13. The van der Waals surface area contributed by atoms with Crippen LogP contribution in [0.15, 0.2) is 24.4 Å². The Labute approximate surface area is 118 Å². The molecule has 20 heavy (non-hydrogen) atoms. The molecule has 0 radical (unpaired) electrons. The summed E-state index contributed by atoms with van der Waals surface area (Å²) >= 11 is 0. The van der Waals surface area contributed by atoms with E-state index in [1.54, 1.807) is 6.20 Å². The molecule has 0 saturated heterocycles. The third-order valence-corrected chi connectivity index (χ3v) is 3.88. The lowest BCUT2D eigenvalue weighted by molar-refractivity contribution is -0.0242. The summed E-state index contributed by atoms with van der Waals surface area (Å²) in [6.07, 6.45) is 5.41. The average Bonchev–Trinajstić information content (AvgIpc) is 2.78. The monoisotopic (exact) mass is 272 g/mol. The molecule has 0 unspecified atom stereocenters. The zero-order valence-electron chi connectivity index (χ0n) is 11.7. The largest absolute Gasteiger partial charge is 0.382 e. The van der Waals surface area contributed by atoms with E-state index in [0.29, 0.717) is 17.8 Å². The topological polar surface area (TPSA) is 76.8 Å². The fourth-order valence-electron chi connectivity index (χ4n) is 2.84. The van der Waals surface area contributed by atoms with Gasteiger partial charge in [0.25, 0.3) is 0 Å². The third-order valence-electron chi connectivity index (χ3n) is 3.88. The van der Waals surface area contributed by atoms with E-state index < -0.39 is 0 Å². The number of pyridine rings is 1. The first-order chi connectivity index (χ1) is 9.78. The highest BCUT2D eigenvalue weighted by atomic mass is 16.5. The number of nitrogens with zero attached hydrogens (tertiary/aromatic N) is 2. The van der Waals surface area contributed by atoms with Crippen molar-refractivity contribution < 1.29 is 4.74 Å². The minimum atomic E-state index is 0.434. The smallest absolute Gasteiger partial charge is 0.154 e. The van der Waals surface area contributed by atoms with E-state index in [9.17, 15) is 0 Å². The molecule has 106 valence electrons. The standard InChI is InChI=1S/C15H20N4O/c1-2-20-11-7-10(8-11)9-13-14(15(16)19-18-13)12-5-3-4-6-17-12/h3-6,10-11H,2,7-9H2,1H3,(H3,16,18,19). The van der Waals surface area contributed by atoms with Crippen LogP contribution in [0.4, 0.5) is 5.82 Å². The molecule has 0 spiro atoms. The molecule has 2 aromatic rings. The van der Waals surface area contributed by atoms with Crippen molar-refractivity contribution in [2.45, 2.75) is 32.3 Å². The van der Waals surface area contributed by atoms with Crippen molar-refractivity contribution in [2.24, 2.45) is 5.92 Å². The molecule has 0 bridgehead atoms. The summed E-state index contributed by atoms with van der Waals surface area (Å²) in [5, 5.41) is 7.20. The minimum absolute atomic E-state index is 0.434. The molecule has 2 aromatic heterocycles. The Kier molecular flexibility index (Phi) is 3.69. The Balaban J connectivity index is 1.72. The highest BCUT2D eigenvalue weighted by molar-refractivity contribution is 5.73. The number of anilines is 1. The Morgan fingerprint density at radius 3 is 2.95 bits per heavy atom. The number of H-pyrrole nitrogens is 1. The van der Waals surface area contributed by atoms with Gasteiger partial charge in [-0.3, -0.25) is 10.1 Å². The Hall–Kier alpha value is -1.88. The molecule has 5 nitrogen and oxygen atoms in total. The van der Waals surface area contributed by atoms with Crippen molar-refractivity contribution >= 4 is 5.82 Å². The number of rotatable bonds is 5. The number of aromatic amines is 1. The van der Waals surface area contributed by atoms with E-state index in [4.69, 9.17) is 10.5 Å². The number of nitrogens with two attached hydrogens (primary N) is 1. The van der Waals surface area contributed by atoms with Crippen molar-refractivity contribution in [1.29, 1.82) is 0 Å². The van der Waals surface area contributed by atoms with Crippen LogP contribution in [0.2, 0.25) is 0 Å². The van der Waals surface area contributed by atoms with E-state index in [-0.39, 0.29) is 0 Å². The maximum atomic E-state index is 5.98. The van der Waals surface area contributed by atoms with Crippen LogP contribution in [0.25, 0.3) is 11.3 Å². The summed E-state index contributed by atoms with van der Waals surface area (Å²) in [7, 11) is 0. The van der Waals surface area contributed by atoms with Crippen molar-refractivity contribution in [3.63, 3.8) is 0 Å². The van der Waals surface area contributed by atoms with Crippen molar-refractivity contribution in [3.8, 4) is 11.3 Å². The molecule has 0 aliphatic heterocycles. The molecule has 1 aliphatic rings. The van der Waals surface area contributed by atoms with Gasteiger partial charge < -0.3 is 10.5 Å². The second kappa shape index (κ2) is 5.63. The first kappa shape index (κ1) is 13.1. The molecule has 0 amide bonds. The van der Waals surface area contributed by atoms with Crippen LogP contribution >= 0.6 is 0 Å². The maximum Gasteiger partial charge on any atom is 0.154 e. The summed E-state index contributed by atoms with van der Waals surface area (Å²) in [5.74, 6) is 1.17. The molecule has 0 atom stereocenters. The van der Waals surface area contributed by atoms with Crippen LogP contribution in [0.1, 0.15) is 25.5 Å². The average molecular weight is 272 g/mol. The SMILES string of the molecule is CCOC1CC(Cc2[nH]nc(N)c2-c2ccccn2)C1. The first-order valence-electron chi connectivity index (χ1n) is 7.13. The third kappa shape index (κ3) is 2.54. The van der Waals surface area contributed by atoms with Gasteiger partial charge in [0.05, 0.1) is 17.4 Å². The molecule has 1 fully saturated rings. The van der Waals surface area contributed by atoms with Gasteiger partial charge >= 0.3 is 0 Å². The fraction of sp³-hybridized carbons (Fsp3) is 0.467. The maximum absolute atomic E-state index is 5.98. The zero-order valence-corrected chi connectivity index (χ0v) is 11.7. The summed E-state index contributed by atoms with van der Waals surface area (Å²) in [6, 6.07) is 5.83. The van der Waals surface area contributed by atoms with Crippen LogP contribution in [-0.4, -0.2) is 27.9 Å². The van der Waals surface area contributed by atoms with Crippen LogP contribution in [0.3, 0.4) is 0 Å². The summed E-state index contributed by atoms with van der Waals surface area (Å²) in [6.45, 7) is 2.84. The second-order valence-electron chi connectivity index (χ2n) is 5.30. The van der Waals surface area contributed by atoms with Gasteiger partial charge in [-0.1, -0.05) is 6.07 Å². The quantitative estimate of drug-likeness (QED) is 0.876. The van der Waals surface area contributed by atoms with Gasteiger partial charge in [-0.15, -0.1) is 0 Å². The van der Waals surface area contributed by atoms with E-state index in [1.807, 2.05) is 25.1 Å². The molecule has 3 N–H and O–H groups in total. The van der Waals surface area contributed by atoms with Crippen LogP contribution < -0.4 is 5.73 Å². The Bertz CT molecular complexity index is 561. The summed E-state index contributed by atoms with van der Waals surface area (Å²) < 4.78 is 5.60. The van der Waals surface area contributed by atoms with Gasteiger partial charge in [-0.2, -0.15) is 5.10 Å². The molecule has 0 aromatic carbocycles. The van der Waals surface area contributed by atoms with E-state index in [0.717, 1.165) is 42.8 Å². The predicted molar refractivity (Wildman–Crippen MR) is 78.1 cm³/mol. The molecule has 3 rings (SSSR count).